The molecule has 0 bridgehead atoms. The van der Waals surface area contributed by atoms with Gasteiger partial charge in [0.1, 0.15) is 0 Å². The zero-order valence-corrected chi connectivity index (χ0v) is 19.0. The van der Waals surface area contributed by atoms with Crippen LogP contribution in [0.15, 0.2) is 91.0 Å². The summed E-state index contributed by atoms with van der Waals surface area (Å²) in [4.78, 5) is 9.00. The molecule has 0 aromatic heterocycles. The molecule has 0 unspecified atom stereocenters. The van der Waals surface area contributed by atoms with Crippen molar-refractivity contribution < 1.29 is 45.6 Å². The van der Waals surface area contributed by atoms with E-state index in [0.29, 0.717) is 0 Å². The van der Waals surface area contributed by atoms with Crippen LogP contribution in [0, 0.1) is 26.6 Å². The molecule has 0 saturated heterocycles. The van der Waals surface area contributed by atoms with Crippen LogP contribution in [-0.4, -0.2) is 11.1 Å². The van der Waals surface area contributed by atoms with Gasteiger partial charge in [0.15, 0.2) is 0 Å². The third-order valence-electron chi connectivity index (χ3n) is 3.04. The summed E-state index contributed by atoms with van der Waals surface area (Å²) in [5.74, 6) is -0.833. The van der Waals surface area contributed by atoms with E-state index in [1.54, 1.807) is 0 Å². The van der Waals surface area contributed by atoms with Crippen molar-refractivity contribution in [1.82, 2.24) is 0 Å². The quantitative estimate of drug-likeness (QED) is 0.263. The second-order valence-corrected chi connectivity index (χ2v) is 7.08. The van der Waals surface area contributed by atoms with Crippen molar-refractivity contribution in [3.63, 3.8) is 0 Å². The fourth-order valence-corrected chi connectivity index (χ4v) is 4.48. The summed E-state index contributed by atoms with van der Waals surface area (Å²) < 4.78 is 30.0. The molecule has 0 aliphatic heterocycles. The smallest absolute Gasteiger partial charge is 0 e. The van der Waals surface area contributed by atoms with Crippen molar-refractivity contribution in [2.45, 2.75) is 6.92 Å². The van der Waals surface area contributed by atoms with Gasteiger partial charge >= 0.3 is 45.2 Å². The van der Waals surface area contributed by atoms with Crippen molar-refractivity contribution in [3.05, 3.63) is 118 Å². The Hall–Kier alpha value is -2.96. The molecule has 0 aliphatic carbocycles. The van der Waals surface area contributed by atoms with Crippen LogP contribution in [0.5, 0.6) is 0 Å². The van der Waals surface area contributed by atoms with Gasteiger partial charge in [-0.1, -0.05) is 91.0 Å². The topological polar surface area (TPSA) is 117 Å². The van der Waals surface area contributed by atoms with Crippen LogP contribution in [0.2, 0.25) is 0 Å². The first kappa shape index (κ1) is 36.4. The van der Waals surface area contributed by atoms with Crippen molar-refractivity contribution in [2.24, 2.45) is 0 Å². The summed E-state index contributed by atoms with van der Waals surface area (Å²) >= 11 is 0. The minimum Gasteiger partial charge on any atom is -0.0622 e. The van der Waals surface area contributed by atoms with E-state index < -0.39 is 13.9 Å². The second kappa shape index (κ2) is 28.0. The summed E-state index contributed by atoms with van der Waals surface area (Å²) in [6.45, 7) is 19.1. The minimum absolute atomic E-state index is 0. The number of carboxylic acids is 1. The fourth-order valence-electron chi connectivity index (χ4n) is 2.18. The largest absolute Gasteiger partial charge is 0.0622 e. The Bertz CT molecular complexity index is 773. The van der Waals surface area contributed by atoms with Gasteiger partial charge in [0.25, 0.3) is 5.97 Å². The number of aliphatic carboxylic acids is 1. The summed E-state index contributed by atoms with van der Waals surface area (Å²) in [6.07, 6.45) is 0. The van der Waals surface area contributed by atoms with Crippen LogP contribution in [0.4, 0.5) is 0 Å². The third kappa shape index (κ3) is 16.8. The number of carbonyl (C=O) groups is 1. The Balaban J connectivity index is -0.000000260. The van der Waals surface area contributed by atoms with Crippen LogP contribution >= 0.6 is 7.92 Å². The van der Waals surface area contributed by atoms with Crippen molar-refractivity contribution in [2.75, 3.05) is 0 Å². The van der Waals surface area contributed by atoms with Gasteiger partial charge in [0, 0.05) is 24.0 Å². The molecule has 6 nitrogen and oxygen atoms in total. The average Bonchev–Trinajstić information content (AvgIpc) is 2.86. The zero-order chi connectivity index (χ0) is 24.5. The summed E-state index contributed by atoms with van der Waals surface area (Å²) in [5.41, 5.74) is 0. The second-order valence-electron chi connectivity index (χ2n) is 4.86. The molecule has 0 spiro atoms. The van der Waals surface area contributed by atoms with Gasteiger partial charge in [0.2, 0.25) is 0 Å². The molecule has 0 saturated carbocycles. The predicted molar refractivity (Wildman–Crippen MR) is 114 cm³/mol. The van der Waals surface area contributed by atoms with Crippen molar-refractivity contribution in [1.29, 1.82) is 0 Å². The molecule has 3 aromatic rings. The van der Waals surface area contributed by atoms with Crippen molar-refractivity contribution >= 4 is 29.8 Å². The maximum atomic E-state index is 9.00. The number of rotatable bonds is 3. The maximum Gasteiger partial charge on any atom is 0 e. The molecule has 0 amide bonds. The van der Waals surface area contributed by atoms with Gasteiger partial charge < -0.3 is 5.11 Å². The van der Waals surface area contributed by atoms with Crippen LogP contribution in [0.25, 0.3) is 0 Å². The van der Waals surface area contributed by atoms with E-state index in [1.165, 1.54) is 15.9 Å². The molecular weight excluding hydrogens is 470 g/mol. The van der Waals surface area contributed by atoms with Crippen LogP contribution in [0.3, 0.4) is 0 Å². The monoisotopic (exact) mass is 489 g/mol. The molecule has 0 fully saturated rings. The van der Waals surface area contributed by atoms with E-state index in [9.17, 15) is 0 Å². The first-order valence-corrected chi connectivity index (χ1v) is 9.49. The predicted octanol–water partition coefficient (Wildman–Crippen LogP) is 3.38. The summed E-state index contributed by atoms with van der Waals surface area (Å²) in [6, 6.07) is 32.3. The van der Waals surface area contributed by atoms with Gasteiger partial charge in [-0.15, -0.1) is 0 Å². The molecule has 0 atom stereocenters. The average molecular weight is 489 g/mol. The van der Waals surface area contributed by atoms with E-state index in [2.05, 4.69) is 118 Å². The van der Waals surface area contributed by atoms with E-state index in [0.717, 1.165) is 6.92 Å². The maximum absolute atomic E-state index is 9.00. The Morgan fingerprint density at radius 1 is 0.594 bits per heavy atom. The SMILES string of the molecule is CC(=O)O.[C-]#[O+].[C-]#[O+].[C-]#[O+].[C-]#[O+].[Mn].c1ccc(P(c2ccccc2)c2ccccc2)cc1. The third-order valence-corrected chi connectivity index (χ3v) is 5.49. The van der Waals surface area contributed by atoms with Gasteiger partial charge in [0.05, 0.1) is 0 Å². The van der Waals surface area contributed by atoms with E-state index in [1.807, 2.05) is 0 Å². The molecule has 3 aromatic carbocycles. The van der Waals surface area contributed by atoms with Gasteiger partial charge in [-0.3, -0.25) is 4.79 Å². The molecule has 1 N–H and O–H groups in total. The molecule has 0 heterocycles. The standard InChI is InChI=1S/C18H15P.C2H4O2.4CO.Mn/c1-4-10-16(11-5-1)19(17-12-6-2-7-13-17)18-14-8-3-9-15-18;1-2(3)4;4*1-2;/h1-15H;1H3,(H,3,4);;;;;. The fraction of sp³-hybridized carbons (Fsp3) is 0.0417. The Labute approximate surface area is 199 Å². The van der Waals surface area contributed by atoms with Crippen molar-refractivity contribution in [3.8, 4) is 0 Å². The number of hydrogen-bond acceptors (Lipinski definition) is 1. The molecule has 32 heavy (non-hydrogen) atoms. The van der Waals surface area contributed by atoms with Gasteiger partial charge in [-0.05, 0) is 23.8 Å². The van der Waals surface area contributed by atoms with Crippen LogP contribution in [0.1, 0.15) is 6.92 Å². The first-order valence-electron chi connectivity index (χ1n) is 8.15. The summed E-state index contributed by atoms with van der Waals surface area (Å²) in [5, 5.41) is 11.6. The zero-order valence-electron chi connectivity index (χ0n) is 17.0. The van der Waals surface area contributed by atoms with E-state index in [-0.39, 0.29) is 17.1 Å². The molecule has 8 heteroatoms. The van der Waals surface area contributed by atoms with Crippen LogP contribution in [-0.2, 0) is 40.5 Å². The molecule has 163 valence electrons. The van der Waals surface area contributed by atoms with Crippen LogP contribution < -0.4 is 15.9 Å². The molecular formula is C24H19MnO6P. The Morgan fingerprint density at radius 2 is 0.750 bits per heavy atom. The van der Waals surface area contributed by atoms with Gasteiger partial charge in [-0.25, -0.2) is 0 Å². The molecule has 1 radical (unpaired) electrons. The van der Waals surface area contributed by atoms with Gasteiger partial charge in [-0.2, -0.15) is 0 Å². The number of hydrogen-bond donors (Lipinski definition) is 1. The number of carboxylic acid groups (broad SMARTS) is 1. The molecule has 0 aliphatic rings. The van der Waals surface area contributed by atoms with E-state index >= 15 is 0 Å². The minimum atomic E-state index is -0.833. The summed E-state index contributed by atoms with van der Waals surface area (Å²) in [7, 11) is -0.446. The first-order chi connectivity index (χ1) is 15.2. The Kier molecular flexibility index (Phi) is 31.9. The number of benzene rings is 3. The molecule has 3 rings (SSSR count). The normalized spacial score (nSPS) is 7.31. The van der Waals surface area contributed by atoms with E-state index in [4.69, 9.17) is 28.5 Å². The Morgan fingerprint density at radius 3 is 0.906 bits per heavy atom.